The molecule has 1 unspecified atom stereocenters. The zero-order valence-electron chi connectivity index (χ0n) is 11.0. The molecule has 2 rings (SSSR count). The van der Waals surface area contributed by atoms with Crippen LogP contribution in [0.15, 0.2) is 0 Å². The van der Waals surface area contributed by atoms with E-state index in [0.717, 1.165) is 17.9 Å². The van der Waals surface area contributed by atoms with Crippen molar-refractivity contribution in [2.75, 3.05) is 27.2 Å². The number of hydrogen-bond donors (Lipinski definition) is 1. The van der Waals surface area contributed by atoms with Gasteiger partial charge in [-0.3, -0.25) is 0 Å². The Morgan fingerprint density at radius 2 is 1.81 bits per heavy atom. The van der Waals surface area contributed by atoms with Gasteiger partial charge in [0.1, 0.15) is 0 Å². The largest absolute Gasteiger partial charge is 0.315 e. The number of likely N-dealkylation sites (N-methyl/N-ethyl adjacent to an activating group) is 2. The minimum Gasteiger partial charge on any atom is -0.315 e. The third-order valence-electron chi connectivity index (χ3n) is 4.64. The van der Waals surface area contributed by atoms with E-state index in [1.807, 2.05) is 0 Å². The van der Waals surface area contributed by atoms with Gasteiger partial charge in [0, 0.05) is 19.1 Å². The van der Waals surface area contributed by atoms with Crippen LogP contribution in [0.3, 0.4) is 0 Å². The number of nitrogens with one attached hydrogen (secondary N) is 1. The summed E-state index contributed by atoms with van der Waals surface area (Å²) < 4.78 is 0. The third-order valence-corrected chi connectivity index (χ3v) is 4.64. The second-order valence-corrected chi connectivity index (χ2v) is 5.96. The summed E-state index contributed by atoms with van der Waals surface area (Å²) in [6.45, 7) is 2.57. The Labute approximate surface area is 101 Å². The number of nitrogens with zero attached hydrogens (tertiary/aromatic N) is 1. The van der Waals surface area contributed by atoms with Crippen molar-refractivity contribution in [1.82, 2.24) is 10.2 Å². The number of hydrogen-bond acceptors (Lipinski definition) is 2. The van der Waals surface area contributed by atoms with Gasteiger partial charge in [-0.15, -0.1) is 0 Å². The van der Waals surface area contributed by atoms with Crippen LogP contribution in [0.2, 0.25) is 0 Å². The molecule has 2 aliphatic rings. The summed E-state index contributed by atoms with van der Waals surface area (Å²) in [7, 11) is 4.44. The Morgan fingerprint density at radius 3 is 2.31 bits per heavy atom. The Balaban J connectivity index is 1.71. The van der Waals surface area contributed by atoms with Gasteiger partial charge in [0.05, 0.1) is 0 Å². The summed E-state index contributed by atoms with van der Waals surface area (Å²) in [5.41, 5.74) is 0. The zero-order chi connectivity index (χ0) is 11.4. The monoisotopic (exact) mass is 224 g/mol. The lowest BCUT2D eigenvalue weighted by molar-refractivity contribution is 0.178. The highest BCUT2D eigenvalue weighted by atomic mass is 15.1. The fraction of sp³-hybridized carbons (Fsp3) is 1.00. The van der Waals surface area contributed by atoms with Crippen LogP contribution in [-0.4, -0.2) is 38.1 Å². The summed E-state index contributed by atoms with van der Waals surface area (Å²) in [6.07, 6.45) is 10.2. The van der Waals surface area contributed by atoms with Crippen molar-refractivity contribution in [3.8, 4) is 0 Å². The Bertz CT molecular complexity index is 195. The molecule has 2 aliphatic carbocycles. The first kappa shape index (κ1) is 12.4. The normalized spacial score (nSPS) is 24.9. The third kappa shape index (κ3) is 3.21. The van der Waals surface area contributed by atoms with Gasteiger partial charge in [-0.2, -0.15) is 0 Å². The molecule has 0 amide bonds. The first-order valence-electron chi connectivity index (χ1n) is 7.15. The molecular weight excluding hydrogens is 196 g/mol. The first-order valence-corrected chi connectivity index (χ1v) is 7.15. The predicted molar refractivity (Wildman–Crippen MR) is 69.6 cm³/mol. The maximum atomic E-state index is 3.54. The standard InChI is InChI=1S/C14H28N2/c1-15-14(13-8-3-4-9-13)11-16(2)10-12-6-5-7-12/h12-15H,3-11H2,1-2H3. The van der Waals surface area contributed by atoms with Crippen LogP contribution in [0.1, 0.15) is 44.9 Å². The van der Waals surface area contributed by atoms with Crippen molar-refractivity contribution in [3.63, 3.8) is 0 Å². The summed E-state index contributed by atoms with van der Waals surface area (Å²) in [5, 5.41) is 3.54. The highest BCUT2D eigenvalue weighted by Crippen LogP contribution is 2.29. The molecule has 2 nitrogen and oxygen atoms in total. The van der Waals surface area contributed by atoms with Crippen LogP contribution in [0.4, 0.5) is 0 Å². The van der Waals surface area contributed by atoms with E-state index in [1.54, 1.807) is 0 Å². The summed E-state index contributed by atoms with van der Waals surface area (Å²) >= 11 is 0. The molecule has 0 aromatic heterocycles. The van der Waals surface area contributed by atoms with E-state index in [4.69, 9.17) is 0 Å². The van der Waals surface area contributed by atoms with Gasteiger partial charge in [0.2, 0.25) is 0 Å². The molecule has 0 bridgehead atoms. The molecule has 2 fully saturated rings. The smallest absolute Gasteiger partial charge is 0.0220 e. The van der Waals surface area contributed by atoms with Gasteiger partial charge in [-0.1, -0.05) is 19.3 Å². The summed E-state index contributed by atoms with van der Waals surface area (Å²) in [6, 6.07) is 0.729. The van der Waals surface area contributed by atoms with E-state index in [-0.39, 0.29) is 0 Å². The van der Waals surface area contributed by atoms with E-state index in [0.29, 0.717) is 0 Å². The zero-order valence-corrected chi connectivity index (χ0v) is 11.0. The van der Waals surface area contributed by atoms with Crippen LogP contribution in [0.25, 0.3) is 0 Å². The number of rotatable bonds is 6. The Hall–Kier alpha value is -0.0800. The fourth-order valence-corrected chi connectivity index (χ4v) is 3.36. The van der Waals surface area contributed by atoms with Crippen LogP contribution in [0.5, 0.6) is 0 Å². The highest BCUT2D eigenvalue weighted by molar-refractivity contribution is 4.83. The van der Waals surface area contributed by atoms with Gasteiger partial charge in [-0.25, -0.2) is 0 Å². The Morgan fingerprint density at radius 1 is 1.12 bits per heavy atom. The van der Waals surface area contributed by atoms with E-state index < -0.39 is 0 Å². The minimum atomic E-state index is 0.729. The highest BCUT2D eigenvalue weighted by Gasteiger charge is 2.26. The average molecular weight is 224 g/mol. The van der Waals surface area contributed by atoms with E-state index in [9.17, 15) is 0 Å². The molecule has 1 atom stereocenters. The molecule has 0 spiro atoms. The quantitative estimate of drug-likeness (QED) is 0.746. The topological polar surface area (TPSA) is 15.3 Å². The van der Waals surface area contributed by atoms with E-state index >= 15 is 0 Å². The molecule has 0 aromatic rings. The van der Waals surface area contributed by atoms with Gasteiger partial charge >= 0.3 is 0 Å². The van der Waals surface area contributed by atoms with Crippen molar-refractivity contribution in [2.24, 2.45) is 11.8 Å². The second kappa shape index (κ2) is 6.02. The van der Waals surface area contributed by atoms with Crippen molar-refractivity contribution in [2.45, 2.75) is 51.0 Å². The van der Waals surface area contributed by atoms with Crippen molar-refractivity contribution in [3.05, 3.63) is 0 Å². The summed E-state index contributed by atoms with van der Waals surface area (Å²) in [5.74, 6) is 1.94. The molecule has 0 heterocycles. The Kier molecular flexibility index (Phi) is 4.66. The molecule has 1 N–H and O–H groups in total. The molecule has 2 saturated carbocycles. The van der Waals surface area contributed by atoms with Gasteiger partial charge in [0.15, 0.2) is 0 Å². The molecule has 94 valence electrons. The SMILES string of the molecule is CNC(CN(C)CC1CCC1)C1CCCC1. The van der Waals surface area contributed by atoms with Gasteiger partial charge < -0.3 is 10.2 Å². The molecule has 0 aliphatic heterocycles. The lowest BCUT2D eigenvalue weighted by Gasteiger charge is -2.33. The molecule has 16 heavy (non-hydrogen) atoms. The van der Waals surface area contributed by atoms with E-state index in [1.165, 1.54) is 58.0 Å². The van der Waals surface area contributed by atoms with Crippen molar-refractivity contribution < 1.29 is 0 Å². The van der Waals surface area contributed by atoms with Crippen LogP contribution in [-0.2, 0) is 0 Å². The van der Waals surface area contributed by atoms with Crippen molar-refractivity contribution >= 4 is 0 Å². The molecule has 0 aromatic carbocycles. The van der Waals surface area contributed by atoms with E-state index in [2.05, 4.69) is 24.3 Å². The second-order valence-electron chi connectivity index (χ2n) is 5.96. The average Bonchev–Trinajstić information content (AvgIpc) is 2.73. The van der Waals surface area contributed by atoms with Gasteiger partial charge in [-0.05, 0) is 51.6 Å². The first-order chi connectivity index (χ1) is 7.79. The van der Waals surface area contributed by atoms with Crippen LogP contribution < -0.4 is 5.32 Å². The summed E-state index contributed by atoms with van der Waals surface area (Å²) in [4.78, 5) is 2.56. The fourth-order valence-electron chi connectivity index (χ4n) is 3.36. The molecular formula is C14H28N2. The molecule has 0 radical (unpaired) electrons. The minimum absolute atomic E-state index is 0.729. The van der Waals surface area contributed by atoms with Crippen molar-refractivity contribution in [1.29, 1.82) is 0 Å². The maximum Gasteiger partial charge on any atom is 0.0220 e. The maximum absolute atomic E-state index is 3.54. The molecule has 2 heteroatoms. The lowest BCUT2D eigenvalue weighted by Crippen LogP contribution is -2.44. The molecule has 0 saturated heterocycles. The lowest BCUT2D eigenvalue weighted by atomic mass is 9.85. The van der Waals surface area contributed by atoms with Crippen LogP contribution >= 0.6 is 0 Å². The predicted octanol–water partition coefficient (Wildman–Crippen LogP) is 2.50. The van der Waals surface area contributed by atoms with Gasteiger partial charge in [0.25, 0.3) is 0 Å². The van der Waals surface area contributed by atoms with Crippen LogP contribution in [0, 0.1) is 11.8 Å².